The Labute approximate surface area is 226 Å². The van der Waals surface area contributed by atoms with Gasteiger partial charge in [-0.2, -0.15) is 0 Å². The van der Waals surface area contributed by atoms with Crippen LogP contribution < -0.4 is 14.8 Å². The highest BCUT2D eigenvalue weighted by Crippen LogP contribution is 2.26. The van der Waals surface area contributed by atoms with Crippen LogP contribution in [0.2, 0.25) is 5.02 Å². The Morgan fingerprint density at radius 1 is 0.658 bits per heavy atom. The highest BCUT2D eigenvalue weighted by Gasteiger charge is 2.21. The molecular formula is C27H24ClN3O5S2. The Hall–Kier alpha value is -3.86. The topological polar surface area (TPSA) is 121 Å². The van der Waals surface area contributed by atoms with E-state index in [1.807, 2.05) is 26.0 Å². The third-order valence-electron chi connectivity index (χ3n) is 5.45. The van der Waals surface area contributed by atoms with Gasteiger partial charge in [-0.1, -0.05) is 35.9 Å². The first-order valence-electron chi connectivity index (χ1n) is 11.3. The molecular weight excluding hydrogens is 546 g/mol. The van der Waals surface area contributed by atoms with Gasteiger partial charge in [0.15, 0.2) is 0 Å². The zero-order chi connectivity index (χ0) is 27.5. The van der Waals surface area contributed by atoms with Crippen LogP contribution in [0.3, 0.4) is 0 Å². The summed E-state index contributed by atoms with van der Waals surface area (Å²) in [5.41, 5.74) is 2.95. The molecule has 0 saturated heterocycles. The van der Waals surface area contributed by atoms with Crippen LogP contribution >= 0.6 is 11.6 Å². The number of aryl methyl sites for hydroxylation is 2. The lowest BCUT2D eigenvalue weighted by atomic mass is 10.2. The molecule has 4 rings (SSSR count). The Morgan fingerprint density at radius 3 is 1.76 bits per heavy atom. The molecule has 0 atom stereocenters. The van der Waals surface area contributed by atoms with Gasteiger partial charge in [-0.15, -0.1) is 0 Å². The Balaban J connectivity index is 1.50. The standard InChI is InChI=1S/C27H24ClN3O5S2/c1-18-5-3-7-22(15-18)30-37(33,34)24-12-10-21(11-13-24)29-27(32)20-9-14-25(28)26(17-20)38(35,36)31-23-8-4-6-19(2)16-23/h3-17,30-31H,1-2H3,(H,29,32). The first-order chi connectivity index (χ1) is 17.9. The monoisotopic (exact) mass is 569 g/mol. The van der Waals surface area contributed by atoms with Crippen molar-refractivity contribution in [2.45, 2.75) is 23.6 Å². The lowest BCUT2D eigenvalue weighted by molar-refractivity contribution is 0.102. The van der Waals surface area contributed by atoms with Gasteiger partial charge in [0.1, 0.15) is 4.90 Å². The van der Waals surface area contributed by atoms with Crippen LogP contribution in [0.1, 0.15) is 21.5 Å². The summed E-state index contributed by atoms with van der Waals surface area (Å²) < 4.78 is 56.3. The molecule has 0 aromatic heterocycles. The maximum atomic E-state index is 13.0. The molecule has 38 heavy (non-hydrogen) atoms. The molecule has 0 aliphatic rings. The molecule has 0 spiro atoms. The quantitative estimate of drug-likeness (QED) is 0.247. The molecule has 0 aliphatic heterocycles. The van der Waals surface area contributed by atoms with Crippen molar-refractivity contribution >= 4 is 54.6 Å². The number of halogens is 1. The van der Waals surface area contributed by atoms with Gasteiger partial charge >= 0.3 is 0 Å². The van der Waals surface area contributed by atoms with Gasteiger partial charge in [-0.25, -0.2) is 16.8 Å². The lowest BCUT2D eigenvalue weighted by Gasteiger charge is -2.12. The summed E-state index contributed by atoms with van der Waals surface area (Å²) in [5, 5.41) is 2.59. The maximum absolute atomic E-state index is 13.0. The first kappa shape index (κ1) is 27.2. The van der Waals surface area contributed by atoms with Gasteiger partial charge in [0.25, 0.3) is 26.0 Å². The van der Waals surface area contributed by atoms with Crippen molar-refractivity contribution in [2.75, 3.05) is 14.8 Å². The van der Waals surface area contributed by atoms with E-state index in [2.05, 4.69) is 14.8 Å². The molecule has 0 heterocycles. The average Bonchev–Trinajstić information content (AvgIpc) is 2.84. The zero-order valence-electron chi connectivity index (χ0n) is 20.4. The molecule has 0 fully saturated rings. The normalized spacial score (nSPS) is 11.6. The molecule has 0 aliphatic carbocycles. The molecule has 8 nitrogen and oxygen atoms in total. The summed E-state index contributed by atoms with van der Waals surface area (Å²) in [6.45, 7) is 3.69. The number of rotatable bonds is 8. The largest absolute Gasteiger partial charge is 0.322 e. The summed E-state index contributed by atoms with van der Waals surface area (Å²) in [7, 11) is -7.91. The summed E-state index contributed by atoms with van der Waals surface area (Å²) in [4.78, 5) is 12.6. The third-order valence-corrected chi connectivity index (χ3v) is 8.71. The van der Waals surface area contributed by atoms with Gasteiger partial charge in [-0.3, -0.25) is 14.2 Å². The van der Waals surface area contributed by atoms with Crippen LogP contribution in [0.15, 0.2) is 101 Å². The summed E-state index contributed by atoms with van der Waals surface area (Å²) in [6, 6.07) is 23.3. The molecule has 196 valence electrons. The second kappa shape index (κ2) is 10.9. The van der Waals surface area contributed by atoms with E-state index < -0.39 is 26.0 Å². The first-order valence-corrected chi connectivity index (χ1v) is 14.7. The van der Waals surface area contributed by atoms with Gasteiger partial charge in [0.05, 0.1) is 9.92 Å². The summed E-state index contributed by atoms with van der Waals surface area (Å²) in [6.07, 6.45) is 0. The number of anilines is 3. The molecule has 1 amide bonds. The fraction of sp³-hybridized carbons (Fsp3) is 0.0741. The number of carbonyl (C=O) groups is 1. The highest BCUT2D eigenvalue weighted by atomic mass is 35.5. The van der Waals surface area contributed by atoms with Gasteiger partial charge in [0.2, 0.25) is 0 Å². The average molecular weight is 570 g/mol. The van der Waals surface area contributed by atoms with Crippen molar-refractivity contribution in [3.8, 4) is 0 Å². The number of sulfonamides is 2. The zero-order valence-corrected chi connectivity index (χ0v) is 22.8. The van der Waals surface area contributed by atoms with Crippen LogP contribution in [-0.4, -0.2) is 22.7 Å². The number of carbonyl (C=O) groups excluding carboxylic acids is 1. The Bertz CT molecular complexity index is 1720. The van der Waals surface area contributed by atoms with Crippen molar-refractivity contribution < 1.29 is 21.6 Å². The van der Waals surface area contributed by atoms with Gasteiger partial charge < -0.3 is 5.32 Å². The lowest BCUT2D eigenvalue weighted by Crippen LogP contribution is -2.17. The Kier molecular flexibility index (Phi) is 7.77. The minimum absolute atomic E-state index is 0.0131. The maximum Gasteiger partial charge on any atom is 0.263 e. The van der Waals surface area contributed by atoms with E-state index in [4.69, 9.17) is 11.6 Å². The van der Waals surface area contributed by atoms with Crippen LogP contribution in [0, 0.1) is 13.8 Å². The number of benzene rings is 4. The predicted octanol–water partition coefficient (Wildman–Crippen LogP) is 5.81. The molecule has 11 heteroatoms. The molecule has 0 radical (unpaired) electrons. The smallest absolute Gasteiger partial charge is 0.263 e. The minimum Gasteiger partial charge on any atom is -0.322 e. The molecule has 0 bridgehead atoms. The van der Waals surface area contributed by atoms with Gasteiger partial charge in [0, 0.05) is 22.6 Å². The predicted molar refractivity (Wildman–Crippen MR) is 150 cm³/mol. The third kappa shape index (κ3) is 6.52. The van der Waals surface area contributed by atoms with Crippen LogP contribution in [0.25, 0.3) is 0 Å². The fourth-order valence-corrected chi connectivity index (χ4v) is 6.24. The summed E-state index contributed by atoms with van der Waals surface area (Å²) in [5.74, 6) is -0.595. The van der Waals surface area contributed by atoms with E-state index in [0.29, 0.717) is 17.1 Å². The van der Waals surface area contributed by atoms with E-state index in [1.54, 1.807) is 36.4 Å². The number of nitrogens with one attached hydrogen (secondary N) is 3. The second-order valence-corrected chi connectivity index (χ2v) is 12.3. The van der Waals surface area contributed by atoms with Crippen molar-refractivity contribution in [3.63, 3.8) is 0 Å². The second-order valence-electron chi connectivity index (χ2n) is 8.57. The van der Waals surface area contributed by atoms with Crippen molar-refractivity contribution in [1.29, 1.82) is 0 Å². The van der Waals surface area contributed by atoms with E-state index in [-0.39, 0.29) is 20.4 Å². The van der Waals surface area contributed by atoms with Crippen LogP contribution in [-0.2, 0) is 20.0 Å². The van der Waals surface area contributed by atoms with Crippen molar-refractivity contribution in [2.24, 2.45) is 0 Å². The number of hydrogen-bond acceptors (Lipinski definition) is 5. The number of hydrogen-bond donors (Lipinski definition) is 3. The van der Waals surface area contributed by atoms with E-state index in [9.17, 15) is 21.6 Å². The molecule has 0 saturated carbocycles. The van der Waals surface area contributed by atoms with Crippen LogP contribution in [0.4, 0.5) is 17.1 Å². The molecule has 4 aromatic carbocycles. The minimum atomic E-state index is -4.08. The van der Waals surface area contributed by atoms with Crippen molar-refractivity contribution in [3.05, 3.63) is 113 Å². The molecule has 4 aromatic rings. The fourth-order valence-electron chi connectivity index (χ4n) is 3.61. The van der Waals surface area contributed by atoms with Crippen molar-refractivity contribution in [1.82, 2.24) is 0 Å². The van der Waals surface area contributed by atoms with E-state index >= 15 is 0 Å². The molecule has 3 N–H and O–H groups in total. The van der Waals surface area contributed by atoms with E-state index in [1.165, 1.54) is 42.5 Å². The van der Waals surface area contributed by atoms with Crippen LogP contribution in [0.5, 0.6) is 0 Å². The van der Waals surface area contributed by atoms with Gasteiger partial charge in [-0.05, 0) is 91.7 Å². The highest BCUT2D eigenvalue weighted by molar-refractivity contribution is 7.93. The summed E-state index contributed by atoms with van der Waals surface area (Å²) >= 11 is 6.16. The SMILES string of the molecule is Cc1cccc(NS(=O)(=O)c2ccc(NC(=O)c3ccc(Cl)c(S(=O)(=O)Nc4cccc(C)c4)c3)cc2)c1. The van der Waals surface area contributed by atoms with E-state index in [0.717, 1.165) is 11.1 Å². The Morgan fingerprint density at radius 2 is 1.21 bits per heavy atom. The molecule has 0 unspecified atom stereocenters. The number of amides is 1.